The second-order valence-electron chi connectivity index (χ2n) is 7.04. The van der Waals surface area contributed by atoms with E-state index in [1.807, 2.05) is 21.8 Å². The highest BCUT2D eigenvalue weighted by Crippen LogP contribution is 2.32. The zero-order valence-electron chi connectivity index (χ0n) is 14.2. The number of urea groups is 1. The molecule has 0 spiro atoms. The lowest BCUT2D eigenvalue weighted by Crippen LogP contribution is -2.40. The Bertz CT molecular complexity index is 747. The number of hydrogen-bond acceptors (Lipinski definition) is 2. The molecule has 1 saturated heterocycles. The molecule has 0 bridgehead atoms. The first-order valence-corrected chi connectivity index (χ1v) is 9.04. The Morgan fingerprint density at radius 2 is 2.00 bits per heavy atom. The molecule has 2 heterocycles. The quantitative estimate of drug-likeness (QED) is 0.910. The minimum absolute atomic E-state index is 0.0779. The number of hydrogen-bond donors (Lipinski definition) is 1. The van der Waals surface area contributed by atoms with Crippen LogP contribution in [0.3, 0.4) is 0 Å². The summed E-state index contributed by atoms with van der Waals surface area (Å²) in [5.41, 5.74) is 1.78. The van der Waals surface area contributed by atoms with Crippen LogP contribution in [0, 0.1) is 5.82 Å². The van der Waals surface area contributed by atoms with Crippen molar-refractivity contribution in [1.29, 1.82) is 0 Å². The van der Waals surface area contributed by atoms with Gasteiger partial charge in [0.1, 0.15) is 5.82 Å². The first-order valence-electron chi connectivity index (χ1n) is 9.04. The first-order chi connectivity index (χ1) is 12.2. The number of amides is 2. The number of benzene rings is 1. The van der Waals surface area contributed by atoms with E-state index in [0.29, 0.717) is 25.0 Å². The van der Waals surface area contributed by atoms with Crippen molar-refractivity contribution in [3.05, 3.63) is 48.0 Å². The van der Waals surface area contributed by atoms with Gasteiger partial charge in [0.25, 0.3) is 0 Å². The van der Waals surface area contributed by atoms with Gasteiger partial charge in [-0.05, 0) is 55.7 Å². The number of anilines is 1. The molecule has 5 nitrogen and oxygen atoms in total. The number of halogens is 1. The molecule has 0 unspecified atom stereocenters. The molecule has 132 valence electrons. The molecule has 0 radical (unpaired) electrons. The van der Waals surface area contributed by atoms with Crippen LogP contribution in [0.4, 0.5) is 14.9 Å². The SMILES string of the molecule is O=C(Nc1cnn(C2CCC2)c1)N1CCC(c2cccc(F)c2)CC1. The van der Waals surface area contributed by atoms with Crippen molar-refractivity contribution < 1.29 is 9.18 Å². The van der Waals surface area contributed by atoms with Gasteiger partial charge in [-0.1, -0.05) is 12.1 Å². The van der Waals surface area contributed by atoms with Crippen molar-refractivity contribution in [2.75, 3.05) is 18.4 Å². The summed E-state index contributed by atoms with van der Waals surface area (Å²) in [5, 5.41) is 7.29. The fourth-order valence-corrected chi connectivity index (χ4v) is 3.63. The molecule has 2 amide bonds. The van der Waals surface area contributed by atoms with Gasteiger partial charge in [0.05, 0.1) is 17.9 Å². The van der Waals surface area contributed by atoms with Gasteiger partial charge in [0.2, 0.25) is 0 Å². The number of carbonyl (C=O) groups excluding carboxylic acids is 1. The second kappa shape index (κ2) is 6.86. The lowest BCUT2D eigenvalue weighted by Gasteiger charge is -2.32. The van der Waals surface area contributed by atoms with Crippen molar-refractivity contribution in [3.63, 3.8) is 0 Å². The number of piperidine rings is 1. The number of likely N-dealkylation sites (tertiary alicyclic amines) is 1. The third-order valence-corrected chi connectivity index (χ3v) is 5.40. The van der Waals surface area contributed by atoms with Gasteiger partial charge in [-0.25, -0.2) is 9.18 Å². The molecule has 0 atom stereocenters. The molecule has 1 N–H and O–H groups in total. The van der Waals surface area contributed by atoms with Crippen LogP contribution in [0.5, 0.6) is 0 Å². The summed E-state index contributed by atoms with van der Waals surface area (Å²) in [7, 11) is 0. The molecule has 2 aromatic rings. The van der Waals surface area contributed by atoms with E-state index in [1.165, 1.54) is 25.3 Å². The van der Waals surface area contributed by atoms with E-state index in [4.69, 9.17) is 0 Å². The topological polar surface area (TPSA) is 50.2 Å². The van der Waals surface area contributed by atoms with Gasteiger partial charge in [-0.3, -0.25) is 4.68 Å². The largest absolute Gasteiger partial charge is 0.324 e. The van der Waals surface area contributed by atoms with Gasteiger partial charge < -0.3 is 10.2 Å². The maximum Gasteiger partial charge on any atom is 0.321 e. The van der Waals surface area contributed by atoms with Gasteiger partial charge in [0.15, 0.2) is 0 Å². The van der Waals surface area contributed by atoms with Gasteiger partial charge in [0, 0.05) is 19.3 Å². The maximum atomic E-state index is 13.4. The Labute approximate surface area is 146 Å². The van der Waals surface area contributed by atoms with E-state index in [9.17, 15) is 9.18 Å². The summed E-state index contributed by atoms with van der Waals surface area (Å²) in [6, 6.07) is 7.21. The highest BCUT2D eigenvalue weighted by molar-refractivity contribution is 5.89. The Balaban J connectivity index is 1.31. The summed E-state index contributed by atoms with van der Waals surface area (Å²) in [4.78, 5) is 14.3. The summed E-state index contributed by atoms with van der Waals surface area (Å²) < 4.78 is 15.3. The molecule has 25 heavy (non-hydrogen) atoms. The van der Waals surface area contributed by atoms with E-state index in [2.05, 4.69) is 10.4 Å². The van der Waals surface area contributed by atoms with Crippen molar-refractivity contribution in [2.45, 2.75) is 44.1 Å². The van der Waals surface area contributed by atoms with E-state index in [-0.39, 0.29) is 11.8 Å². The van der Waals surface area contributed by atoms with E-state index in [0.717, 1.165) is 24.1 Å². The van der Waals surface area contributed by atoms with Crippen molar-refractivity contribution >= 4 is 11.7 Å². The first kappa shape index (κ1) is 16.1. The highest BCUT2D eigenvalue weighted by Gasteiger charge is 2.25. The molecular formula is C19H23FN4O. The zero-order chi connectivity index (χ0) is 17.2. The van der Waals surface area contributed by atoms with Crippen molar-refractivity contribution in [3.8, 4) is 0 Å². The van der Waals surface area contributed by atoms with Crippen LogP contribution in [0.2, 0.25) is 0 Å². The third-order valence-electron chi connectivity index (χ3n) is 5.40. The maximum absolute atomic E-state index is 13.4. The minimum atomic E-state index is -0.193. The molecule has 1 aliphatic carbocycles. The van der Waals surface area contributed by atoms with Crippen LogP contribution in [0.25, 0.3) is 0 Å². The van der Waals surface area contributed by atoms with Crippen LogP contribution in [-0.4, -0.2) is 33.8 Å². The normalized spacial score (nSPS) is 18.8. The van der Waals surface area contributed by atoms with Gasteiger partial charge >= 0.3 is 6.03 Å². The van der Waals surface area contributed by atoms with Crippen molar-refractivity contribution in [1.82, 2.24) is 14.7 Å². The lowest BCUT2D eigenvalue weighted by molar-refractivity contribution is 0.194. The Morgan fingerprint density at radius 3 is 2.68 bits per heavy atom. The molecule has 4 rings (SSSR count). The Hall–Kier alpha value is -2.37. The number of aromatic nitrogens is 2. The molecule has 2 aliphatic rings. The summed E-state index contributed by atoms with van der Waals surface area (Å²) >= 11 is 0. The van der Waals surface area contributed by atoms with Crippen LogP contribution in [0.15, 0.2) is 36.7 Å². The van der Waals surface area contributed by atoms with Crippen LogP contribution in [-0.2, 0) is 0 Å². The van der Waals surface area contributed by atoms with Gasteiger partial charge in [-0.2, -0.15) is 5.10 Å². The number of nitrogens with zero attached hydrogens (tertiary/aromatic N) is 3. The van der Waals surface area contributed by atoms with E-state index < -0.39 is 0 Å². The summed E-state index contributed by atoms with van der Waals surface area (Å²) in [5.74, 6) is 0.127. The molecule has 2 fully saturated rings. The van der Waals surface area contributed by atoms with E-state index >= 15 is 0 Å². The standard InChI is InChI=1S/C19H23FN4O/c20-16-4-1-3-15(11-16)14-7-9-23(10-8-14)19(25)22-17-12-21-24(13-17)18-5-2-6-18/h1,3-4,11-14,18H,2,5-10H2,(H,22,25). The average Bonchev–Trinajstić information content (AvgIpc) is 3.01. The summed E-state index contributed by atoms with van der Waals surface area (Å²) in [6.07, 6.45) is 8.95. The molecule has 1 aliphatic heterocycles. The van der Waals surface area contributed by atoms with Crippen LogP contribution >= 0.6 is 0 Å². The average molecular weight is 342 g/mol. The predicted octanol–water partition coefficient (Wildman–Crippen LogP) is 4.16. The monoisotopic (exact) mass is 342 g/mol. The number of carbonyl (C=O) groups is 1. The Kier molecular flexibility index (Phi) is 4.42. The molecule has 1 aromatic carbocycles. The number of rotatable bonds is 3. The lowest BCUT2D eigenvalue weighted by atomic mass is 9.89. The second-order valence-corrected chi connectivity index (χ2v) is 7.04. The minimum Gasteiger partial charge on any atom is -0.324 e. The molecular weight excluding hydrogens is 319 g/mol. The van der Waals surface area contributed by atoms with Crippen LogP contribution < -0.4 is 5.32 Å². The van der Waals surface area contributed by atoms with Gasteiger partial charge in [-0.15, -0.1) is 0 Å². The van der Waals surface area contributed by atoms with Crippen LogP contribution in [0.1, 0.15) is 49.6 Å². The fourth-order valence-electron chi connectivity index (χ4n) is 3.63. The molecule has 1 saturated carbocycles. The van der Waals surface area contributed by atoms with Crippen molar-refractivity contribution in [2.24, 2.45) is 0 Å². The van der Waals surface area contributed by atoms with E-state index in [1.54, 1.807) is 18.3 Å². The number of nitrogens with one attached hydrogen (secondary N) is 1. The third kappa shape index (κ3) is 3.52. The smallest absolute Gasteiger partial charge is 0.321 e. The highest BCUT2D eigenvalue weighted by atomic mass is 19.1. The fraction of sp³-hybridized carbons (Fsp3) is 0.474. The molecule has 1 aromatic heterocycles. The Morgan fingerprint density at radius 1 is 1.20 bits per heavy atom. The zero-order valence-corrected chi connectivity index (χ0v) is 14.2. The molecule has 6 heteroatoms. The predicted molar refractivity (Wildman–Crippen MR) is 94.1 cm³/mol. The summed E-state index contributed by atoms with van der Waals surface area (Å²) in [6.45, 7) is 1.37.